The molecule has 0 radical (unpaired) electrons. The van der Waals surface area contributed by atoms with Crippen LogP contribution in [0.15, 0.2) is 54.1 Å². The van der Waals surface area contributed by atoms with Gasteiger partial charge in [-0.05, 0) is 17.6 Å². The first kappa shape index (κ1) is 8.27. The third kappa shape index (κ3) is 1.70. The molecule has 2 rings (SSSR count). The fraction of sp³-hybridized carbons (Fsp3) is 0.167. The van der Waals surface area contributed by atoms with Crippen molar-refractivity contribution < 1.29 is 0 Å². The molecular formula is C12H13N. The van der Waals surface area contributed by atoms with E-state index < -0.39 is 0 Å². The van der Waals surface area contributed by atoms with Crippen molar-refractivity contribution >= 4 is 0 Å². The highest BCUT2D eigenvalue weighted by molar-refractivity contribution is 5.34. The Balaban J connectivity index is 2.18. The summed E-state index contributed by atoms with van der Waals surface area (Å²) in [6.45, 7) is 0. The Kier molecular flexibility index (Phi) is 2.28. The normalized spacial score (nSPS) is 17.2. The number of hydrogen-bond donors (Lipinski definition) is 1. The van der Waals surface area contributed by atoms with Crippen LogP contribution in [0, 0.1) is 0 Å². The molecule has 0 amide bonds. The predicted molar refractivity (Wildman–Crippen MR) is 55.2 cm³/mol. The molecule has 1 nitrogen and oxygen atoms in total. The van der Waals surface area contributed by atoms with Gasteiger partial charge in [0.25, 0.3) is 0 Å². The Morgan fingerprint density at radius 1 is 1.15 bits per heavy atom. The van der Waals surface area contributed by atoms with Gasteiger partial charge in [0.1, 0.15) is 0 Å². The van der Waals surface area contributed by atoms with Gasteiger partial charge in [-0.25, -0.2) is 0 Å². The minimum atomic E-state index is 0.0659. The van der Waals surface area contributed by atoms with Crippen molar-refractivity contribution in [3.8, 4) is 0 Å². The molecule has 1 atom stereocenters. The summed E-state index contributed by atoms with van der Waals surface area (Å²) in [7, 11) is 0. The second-order valence-electron chi connectivity index (χ2n) is 3.26. The molecule has 1 aliphatic carbocycles. The van der Waals surface area contributed by atoms with Gasteiger partial charge in [-0.15, -0.1) is 0 Å². The van der Waals surface area contributed by atoms with E-state index in [1.165, 1.54) is 11.1 Å². The topological polar surface area (TPSA) is 26.0 Å². The summed E-state index contributed by atoms with van der Waals surface area (Å²) in [6.07, 6.45) is 7.31. The van der Waals surface area contributed by atoms with Crippen LogP contribution in [-0.4, -0.2) is 0 Å². The minimum absolute atomic E-state index is 0.0659. The smallest absolute Gasteiger partial charge is 0.0517 e. The lowest BCUT2D eigenvalue weighted by Gasteiger charge is -2.12. The van der Waals surface area contributed by atoms with E-state index in [9.17, 15) is 0 Å². The summed E-state index contributed by atoms with van der Waals surface area (Å²) in [5, 5.41) is 0. The first-order valence-corrected chi connectivity index (χ1v) is 4.54. The SMILES string of the molecule is N[C@@H](C1=CC=CC1)c1ccccc1. The summed E-state index contributed by atoms with van der Waals surface area (Å²) >= 11 is 0. The molecular weight excluding hydrogens is 158 g/mol. The van der Waals surface area contributed by atoms with Gasteiger partial charge < -0.3 is 5.73 Å². The van der Waals surface area contributed by atoms with E-state index in [0.717, 1.165) is 6.42 Å². The Bertz CT molecular complexity index is 335. The predicted octanol–water partition coefficient (Wildman–Crippen LogP) is 2.57. The zero-order valence-electron chi connectivity index (χ0n) is 7.48. The Morgan fingerprint density at radius 2 is 1.92 bits per heavy atom. The van der Waals surface area contributed by atoms with Crippen molar-refractivity contribution in [2.75, 3.05) is 0 Å². The molecule has 0 unspecified atom stereocenters. The number of rotatable bonds is 2. The van der Waals surface area contributed by atoms with Crippen LogP contribution in [0.5, 0.6) is 0 Å². The number of nitrogens with two attached hydrogens (primary N) is 1. The van der Waals surface area contributed by atoms with Crippen molar-refractivity contribution in [1.29, 1.82) is 0 Å². The molecule has 0 heterocycles. The first-order chi connectivity index (χ1) is 6.38. The highest BCUT2D eigenvalue weighted by atomic mass is 14.6. The largest absolute Gasteiger partial charge is 0.321 e. The van der Waals surface area contributed by atoms with Crippen LogP contribution >= 0.6 is 0 Å². The average molecular weight is 171 g/mol. The zero-order valence-corrected chi connectivity index (χ0v) is 7.48. The fourth-order valence-electron chi connectivity index (χ4n) is 1.57. The molecule has 13 heavy (non-hydrogen) atoms. The van der Waals surface area contributed by atoms with Crippen molar-refractivity contribution in [2.45, 2.75) is 12.5 Å². The van der Waals surface area contributed by atoms with Crippen molar-refractivity contribution in [3.05, 3.63) is 59.7 Å². The van der Waals surface area contributed by atoms with Crippen molar-refractivity contribution in [1.82, 2.24) is 0 Å². The van der Waals surface area contributed by atoms with Gasteiger partial charge in [0.2, 0.25) is 0 Å². The van der Waals surface area contributed by atoms with E-state index in [-0.39, 0.29) is 6.04 Å². The zero-order chi connectivity index (χ0) is 9.10. The standard InChI is InChI=1S/C12H13N/c13-12(11-8-4-5-9-11)10-6-2-1-3-7-10/h1-8,12H,9,13H2/t12-/m1/s1. The molecule has 0 spiro atoms. The van der Waals surface area contributed by atoms with Crippen molar-refractivity contribution in [2.24, 2.45) is 5.73 Å². The molecule has 66 valence electrons. The van der Waals surface area contributed by atoms with Crippen molar-refractivity contribution in [3.63, 3.8) is 0 Å². The second kappa shape index (κ2) is 3.58. The van der Waals surface area contributed by atoms with Gasteiger partial charge in [0.15, 0.2) is 0 Å². The van der Waals surface area contributed by atoms with E-state index in [2.05, 4.69) is 30.4 Å². The molecule has 0 aliphatic heterocycles. The summed E-state index contributed by atoms with van der Waals surface area (Å²) in [5.41, 5.74) is 8.58. The van der Waals surface area contributed by atoms with Crippen LogP contribution < -0.4 is 5.73 Å². The lowest BCUT2D eigenvalue weighted by Crippen LogP contribution is -2.11. The molecule has 1 aliphatic rings. The molecule has 1 aromatic rings. The second-order valence-corrected chi connectivity index (χ2v) is 3.26. The Hall–Kier alpha value is -1.34. The van der Waals surface area contributed by atoms with Crippen LogP contribution in [0.3, 0.4) is 0 Å². The minimum Gasteiger partial charge on any atom is -0.321 e. The lowest BCUT2D eigenvalue weighted by atomic mass is 9.99. The van der Waals surface area contributed by atoms with Gasteiger partial charge in [-0.2, -0.15) is 0 Å². The number of allylic oxidation sites excluding steroid dienone is 3. The van der Waals surface area contributed by atoms with Crippen LogP contribution in [-0.2, 0) is 0 Å². The van der Waals surface area contributed by atoms with Gasteiger partial charge in [0.05, 0.1) is 6.04 Å². The van der Waals surface area contributed by atoms with E-state index in [4.69, 9.17) is 5.73 Å². The van der Waals surface area contributed by atoms with Gasteiger partial charge in [-0.1, -0.05) is 48.6 Å². The lowest BCUT2D eigenvalue weighted by molar-refractivity contribution is 0.827. The summed E-state index contributed by atoms with van der Waals surface area (Å²) in [5.74, 6) is 0. The van der Waals surface area contributed by atoms with Crippen LogP contribution in [0.4, 0.5) is 0 Å². The van der Waals surface area contributed by atoms with Crippen LogP contribution in [0.2, 0.25) is 0 Å². The van der Waals surface area contributed by atoms with E-state index in [1.807, 2.05) is 18.2 Å². The molecule has 1 aromatic carbocycles. The molecule has 1 heteroatoms. The quantitative estimate of drug-likeness (QED) is 0.727. The maximum atomic E-state index is 6.09. The summed E-state index contributed by atoms with van der Waals surface area (Å²) < 4.78 is 0. The summed E-state index contributed by atoms with van der Waals surface area (Å²) in [6, 6.07) is 10.3. The monoisotopic (exact) mass is 171 g/mol. The molecule has 0 saturated heterocycles. The summed E-state index contributed by atoms with van der Waals surface area (Å²) in [4.78, 5) is 0. The van der Waals surface area contributed by atoms with Gasteiger partial charge >= 0.3 is 0 Å². The highest BCUT2D eigenvalue weighted by Crippen LogP contribution is 2.24. The van der Waals surface area contributed by atoms with E-state index in [0.29, 0.717) is 0 Å². The highest BCUT2D eigenvalue weighted by Gasteiger charge is 2.11. The van der Waals surface area contributed by atoms with Crippen LogP contribution in [0.25, 0.3) is 0 Å². The molecule has 0 fully saturated rings. The average Bonchev–Trinajstić information content (AvgIpc) is 2.71. The van der Waals surface area contributed by atoms with E-state index in [1.54, 1.807) is 0 Å². The third-order valence-electron chi connectivity index (χ3n) is 2.36. The van der Waals surface area contributed by atoms with Gasteiger partial charge in [0, 0.05) is 0 Å². The molecule has 0 aromatic heterocycles. The number of hydrogen-bond acceptors (Lipinski definition) is 1. The number of benzene rings is 1. The fourth-order valence-corrected chi connectivity index (χ4v) is 1.57. The Morgan fingerprint density at radius 3 is 2.54 bits per heavy atom. The molecule has 2 N–H and O–H groups in total. The maximum Gasteiger partial charge on any atom is 0.0517 e. The van der Waals surface area contributed by atoms with Gasteiger partial charge in [-0.3, -0.25) is 0 Å². The molecule has 0 saturated carbocycles. The molecule has 0 bridgehead atoms. The maximum absolute atomic E-state index is 6.09. The first-order valence-electron chi connectivity index (χ1n) is 4.54. The Labute approximate surface area is 78.6 Å². The van der Waals surface area contributed by atoms with Crippen LogP contribution in [0.1, 0.15) is 18.0 Å². The van der Waals surface area contributed by atoms with E-state index >= 15 is 0 Å². The third-order valence-corrected chi connectivity index (χ3v) is 2.36.